The average Bonchev–Trinajstić information content (AvgIpc) is 2.35. The van der Waals surface area contributed by atoms with Crippen molar-refractivity contribution in [3.8, 4) is 0 Å². The Bertz CT molecular complexity index is 266. The molecule has 84 valence electrons. The van der Waals surface area contributed by atoms with Gasteiger partial charge >= 0.3 is 0 Å². The molecule has 0 fully saturated rings. The van der Waals surface area contributed by atoms with Crippen LogP contribution in [-0.2, 0) is 11.3 Å². The van der Waals surface area contributed by atoms with E-state index in [1.807, 2.05) is 30.3 Å². The maximum Gasteiger partial charge on any atom is 0.211 e. The van der Waals surface area contributed by atoms with Gasteiger partial charge in [-0.05, 0) is 18.4 Å². The standard InChI is InChI=1S/C12H18O3/c13-8-4-7-12(14)10-15-9-11-5-2-1-3-6-11/h1-3,5-6,12-14H,4,7-10H2/t12-/m1/s1/i14T. The molecule has 1 atom stereocenters. The fourth-order valence-electron chi connectivity index (χ4n) is 1.28. The van der Waals surface area contributed by atoms with E-state index in [0.29, 0.717) is 26.1 Å². The highest BCUT2D eigenvalue weighted by atomic mass is 16.5. The third-order valence-electron chi connectivity index (χ3n) is 2.10. The van der Waals surface area contributed by atoms with Gasteiger partial charge in [0.05, 0.1) is 19.3 Å². The van der Waals surface area contributed by atoms with E-state index in [2.05, 4.69) is 5.11 Å². The van der Waals surface area contributed by atoms with E-state index in [0.717, 1.165) is 5.56 Å². The lowest BCUT2D eigenvalue weighted by atomic mass is 10.2. The van der Waals surface area contributed by atoms with E-state index >= 15 is 0 Å². The number of benzene rings is 1. The minimum absolute atomic E-state index is 0.124. The van der Waals surface area contributed by atoms with Crippen molar-refractivity contribution in [1.82, 2.24) is 0 Å². The Hall–Kier alpha value is -0.900. The number of hydrogen-bond donors (Lipinski definition) is 2. The first-order valence-electron chi connectivity index (χ1n) is 5.62. The highest BCUT2D eigenvalue weighted by Crippen LogP contribution is 2.02. The number of aliphatic hydroxyl groups excluding tert-OH is 2. The number of ether oxygens (including phenoxy) is 1. The van der Waals surface area contributed by atoms with Crippen molar-refractivity contribution in [2.24, 2.45) is 0 Å². The molecule has 3 nitrogen and oxygen atoms in total. The lowest BCUT2D eigenvalue weighted by Gasteiger charge is -2.10. The van der Waals surface area contributed by atoms with Crippen LogP contribution in [0.1, 0.15) is 18.4 Å². The topological polar surface area (TPSA) is 49.7 Å². The van der Waals surface area contributed by atoms with Crippen molar-refractivity contribution < 1.29 is 15.0 Å². The van der Waals surface area contributed by atoms with E-state index in [1.165, 1.54) is 0 Å². The van der Waals surface area contributed by atoms with Crippen molar-refractivity contribution in [3.63, 3.8) is 0 Å². The molecule has 1 aromatic rings. The molecular formula is C12H18O3. The first-order chi connectivity index (χ1) is 7.86. The van der Waals surface area contributed by atoms with E-state index < -0.39 is 0 Å². The minimum Gasteiger partial charge on any atom is -0.396 e. The summed E-state index contributed by atoms with van der Waals surface area (Å²) in [6.07, 6.45) is 1.03. The number of hydrogen-bond acceptors (Lipinski definition) is 3. The number of aliphatic hydroxyl groups is 2. The Morgan fingerprint density at radius 1 is 1.33 bits per heavy atom. The van der Waals surface area contributed by atoms with Crippen LogP contribution in [0.15, 0.2) is 30.3 Å². The molecule has 0 radical (unpaired) electrons. The van der Waals surface area contributed by atoms with E-state index in [1.54, 1.807) is 0 Å². The smallest absolute Gasteiger partial charge is 0.211 e. The summed E-state index contributed by atoms with van der Waals surface area (Å²) in [5.74, 6) is 0. The van der Waals surface area contributed by atoms with Crippen molar-refractivity contribution in [2.75, 3.05) is 13.2 Å². The first kappa shape index (κ1) is 10.6. The fraction of sp³-hybridized carbons (Fsp3) is 0.500. The van der Waals surface area contributed by atoms with Gasteiger partial charge in [-0.1, -0.05) is 30.3 Å². The molecule has 3 heteroatoms. The molecule has 0 bridgehead atoms. The predicted molar refractivity (Wildman–Crippen MR) is 58.4 cm³/mol. The molecule has 1 aromatic carbocycles. The molecule has 0 heterocycles. The van der Waals surface area contributed by atoms with Crippen LogP contribution in [0.5, 0.6) is 0 Å². The molecule has 2 N–H and O–H groups in total. The Balaban J connectivity index is 2.18. The van der Waals surface area contributed by atoms with Crippen LogP contribution < -0.4 is 0 Å². The van der Waals surface area contributed by atoms with E-state index in [4.69, 9.17) is 11.3 Å². The van der Waals surface area contributed by atoms with Crippen LogP contribution >= 0.6 is 0 Å². The third kappa shape index (κ3) is 5.52. The van der Waals surface area contributed by atoms with Gasteiger partial charge < -0.3 is 15.0 Å². The second kappa shape index (κ2) is 7.40. The zero-order chi connectivity index (χ0) is 11.6. The van der Waals surface area contributed by atoms with E-state index in [9.17, 15) is 0 Å². The molecule has 0 amide bonds. The molecule has 0 spiro atoms. The van der Waals surface area contributed by atoms with Crippen molar-refractivity contribution in [2.45, 2.75) is 25.6 Å². The SMILES string of the molecule is [3H]O[C@H](CCCO)COCc1ccccc1. The molecule has 15 heavy (non-hydrogen) atoms. The fourth-order valence-corrected chi connectivity index (χ4v) is 1.28. The van der Waals surface area contributed by atoms with Crippen LogP contribution in [0.2, 0.25) is 0 Å². The molecule has 0 aliphatic heterocycles. The summed E-state index contributed by atoms with van der Waals surface area (Å²) in [4.78, 5) is 0. The third-order valence-corrected chi connectivity index (χ3v) is 2.10. The minimum atomic E-state index is -0.254. The maximum atomic E-state index is 8.66. The highest BCUT2D eigenvalue weighted by molar-refractivity contribution is 5.13. The summed E-state index contributed by atoms with van der Waals surface area (Å²) in [6.45, 7) is 1.04. The Morgan fingerprint density at radius 2 is 2.13 bits per heavy atom. The van der Waals surface area contributed by atoms with Gasteiger partial charge in [-0.2, -0.15) is 0 Å². The van der Waals surface area contributed by atoms with Crippen molar-refractivity contribution in [3.05, 3.63) is 35.9 Å². The van der Waals surface area contributed by atoms with Gasteiger partial charge in [-0.25, -0.2) is 0 Å². The van der Waals surface area contributed by atoms with Crippen LogP contribution in [0.3, 0.4) is 0 Å². The zero-order valence-corrected chi connectivity index (χ0v) is 8.76. The summed E-state index contributed by atoms with van der Waals surface area (Å²) in [5, 5.41) is 13.2. The summed E-state index contributed by atoms with van der Waals surface area (Å²) in [6, 6.07) is 9.86. The summed E-state index contributed by atoms with van der Waals surface area (Å²) < 4.78 is 12.3. The molecular weight excluding hydrogens is 192 g/mol. The van der Waals surface area contributed by atoms with Gasteiger partial charge in [0.2, 0.25) is 1.43 Å². The van der Waals surface area contributed by atoms with Crippen LogP contribution in [0.4, 0.5) is 0 Å². The molecule has 0 unspecified atom stereocenters. The van der Waals surface area contributed by atoms with E-state index in [-0.39, 0.29) is 12.7 Å². The molecule has 0 aliphatic carbocycles. The monoisotopic (exact) mass is 212 g/mol. The Labute approximate surface area is 91.8 Å². The van der Waals surface area contributed by atoms with Crippen LogP contribution in [0, 0.1) is 0 Å². The first-order valence-corrected chi connectivity index (χ1v) is 5.21. The molecule has 1 rings (SSSR count). The summed E-state index contributed by atoms with van der Waals surface area (Å²) in [5.41, 5.74) is 1.10. The summed E-state index contributed by atoms with van der Waals surface area (Å²) in [7, 11) is 0. The zero-order valence-electron chi connectivity index (χ0n) is 9.76. The van der Waals surface area contributed by atoms with Crippen LogP contribution in [-0.4, -0.2) is 31.0 Å². The number of rotatable bonds is 8. The quantitative estimate of drug-likeness (QED) is 0.683. The molecule has 0 saturated heterocycles. The Morgan fingerprint density at radius 3 is 2.80 bits per heavy atom. The van der Waals surface area contributed by atoms with Gasteiger partial charge in [0.1, 0.15) is 0 Å². The van der Waals surface area contributed by atoms with Crippen molar-refractivity contribution >= 4 is 0 Å². The molecule has 0 aliphatic rings. The molecule has 0 aromatic heterocycles. The highest BCUT2D eigenvalue weighted by Gasteiger charge is 2.03. The van der Waals surface area contributed by atoms with Crippen molar-refractivity contribution in [1.29, 1.82) is 1.43 Å². The lowest BCUT2D eigenvalue weighted by molar-refractivity contribution is 0.0216. The second-order valence-electron chi connectivity index (χ2n) is 3.49. The largest absolute Gasteiger partial charge is 0.396 e. The van der Waals surface area contributed by atoms with Crippen LogP contribution in [0.25, 0.3) is 0 Å². The normalized spacial score (nSPS) is 13.5. The lowest BCUT2D eigenvalue weighted by Crippen LogP contribution is -2.15. The van der Waals surface area contributed by atoms with Gasteiger partial charge in [-0.3, -0.25) is 0 Å². The van der Waals surface area contributed by atoms with Gasteiger partial charge in [0, 0.05) is 6.61 Å². The van der Waals surface area contributed by atoms with Gasteiger partial charge in [0.25, 0.3) is 0 Å². The van der Waals surface area contributed by atoms with Gasteiger partial charge in [-0.15, -0.1) is 0 Å². The summed E-state index contributed by atoms with van der Waals surface area (Å²) >= 11 is 0. The molecule has 0 saturated carbocycles. The maximum absolute atomic E-state index is 8.66. The Kier molecular flexibility index (Phi) is 5.23. The second-order valence-corrected chi connectivity index (χ2v) is 3.49. The average molecular weight is 212 g/mol. The predicted octanol–water partition coefficient (Wildman–Crippen LogP) is 1.34. The van der Waals surface area contributed by atoms with Gasteiger partial charge in [0.15, 0.2) is 0 Å².